The Hall–Kier alpha value is -1.86. The molecule has 1 atom stereocenters. The van der Waals surface area contributed by atoms with Crippen molar-refractivity contribution in [2.24, 2.45) is 5.10 Å². The largest absolute Gasteiger partial charge is 0.285 e. The predicted molar refractivity (Wildman–Crippen MR) is 68.7 cm³/mol. The minimum Gasteiger partial charge on any atom is -0.285 e. The molecule has 0 aromatic heterocycles. The van der Waals surface area contributed by atoms with Gasteiger partial charge < -0.3 is 0 Å². The molecule has 0 fully saturated rings. The van der Waals surface area contributed by atoms with Gasteiger partial charge in [0.1, 0.15) is 5.94 Å². The molecule has 17 heavy (non-hydrogen) atoms. The first-order valence-corrected chi connectivity index (χ1v) is 5.95. The van der Waals surface area contributed by atoms with Crippen LogP contribution in [0.4, 0.5) is 0 Å². The number of benzene rings is 1. The van der Waals surface area contributed by atoms with Crippen molar-refractivity contribution in [1.29, 1.82) is 0 Å². The zero-order chi connectivity index (χ0) is 12.1. The van der Waals surface area contributed by atoms with Gasteiger partial charge in [0, 0.05) is 6.08 Å². The van der Waals surface area contributed by atoms with Crippen LogP contribution in [0.25, 0.3) is 0 Å². The van der Waals surface area contributed by atoms with Crippen LogP contribution in [0.1, 0.15) is 36.9 Å². The number of carbonyl (C=O) groups excluding carboxylic acids is 1. The average Bonchev–Trinajstić information content (AvgIpc) is 2.38. The fourth-order valence-electron chi connectivity index (χ4n) is 2.19. The molecule has 0 amide bonds. The summed E-state index contributed by atoms with van der Waals surface area (Å²) in [6.45, 7) is 2.69. The van der Waals surface area contributed by atoms with Crippen LogP contribution in [-0.4, -0.2) is 23.7 Å². The molecule has 0 spiro atoms. The van der Waals surface area contributed by atoms with Crippen LogP contribution in [-0.2, 0) is 4.79 Å². The van der Waals surface area contributed by atoms with E-state index in [1.807, 2.05) is 29.3 Å². The zero-order valence-corrected chi connectivity index (χ0v) is 9.97. The maximum Gasteiger partial charge on any atom is 0.121 e. The van der Waals surface area contributed by atoms with E-state index in [0.717, 1.165) is 12.8 Å². The van der Waals surface area contributed by atoms with Gasteiger partial charge in [0.05, 0.1) is 18.8 Å². The second-order valence-electron chi connectivity index (χ2n) is 4.12. The number of fused-ring (bicyclic) bond motifs is 1. The van der Waals surface area contributed by atoms with E-state index in [1.54, 1.807) is 0 Å². The van der Waals surface area contributed by atoms with Crippen LogP contribution in [0.15, 0.2) is 35.4 Å². The highest BCUT2D eigenvalue weighted by atomic mass is 16.1. The van der Waals surface area contributed by atoms with E-state index in [4.69, 9.17) is 0 Å². The van der Waals surface area contributed by atoms with Crippen LogP contribution in [0.5, 0.6) is 0 Å². The summed E-state index contributed by atoms with van der Waals surface area (Å²) in [5.74, 6) is 1.81. The Morgan fingerprint density at radius 3 is 3.06 bits per heavy atom. The van der Waals surface area contributed by atoms with E-state index in [1.165, 1.54) is 17.2 Å². The van der Waals surface area contributed by atoms with E-state index in [9.17, 15) is 4.79 Å². The van der Waals surface area contributed by atoms with E-state index >= 15 is 0 Å². The summed E-state index contributed by atoms with van der Waals surface area (Å²) in [7, 11) is 0. The molecular weight excluding hydrogens is 212 g/mol. The summed E-state index contributed by atoms with van der Waals surface area (Å²) in [5, 5.41) is 6.36. The van der Waals surface area contributed by atoms with Crippen molar-refractivity contribution in [3.8, 4) is 0 Å². The second-order valence-corrected chi connectivity index (χ2v) is 4.12. The quantitative estimate of drug-likeness (QED) is 0.742. The van der Waals surface area contributed by atoms with Crippen LogP contribution in [0, 0.1) is 0 Å². The first-order chi connectivity index (χ1) is 8.36. The van der Waals surface area contributed by atoms with E-state index in [-0.39, 0.29) is 6.04 Å². The Morgan fingerprint density at radius 2 is 2.29 bits per heavy atom. The molecule has 1 aromatic carbocycles. The smallest absolute Gasteiger partial charge is 0.121 e. The van der Waals surface area contributed by atoms with Gasteiger partial charge in [-0.05, 0) is 17.5 Å². The molecule has 1 heterocycles. The minimum absolute atomic E-state index is 0.269. The van der Waals surface area contributed by atoms with Crippen molar-refractivity contribution in [2.75, 3.05) is 6.54 Å². The number of nitrogens with zero attached hydrogens (tertiary/aromatic N) is 2. The topological polar surface area (TPSA) is 32.7 Å². The Kier molecular flexibility index (Phi) is 3.73. The van der Waals surface area contributed by atoms with Crippen molar-refractivity contribution in [3.05, 3.63) is 41.5 Å². The molecule has 0 radical (unpaired) electrons. The lowest BCUT2D eigenvalue weighted by atomic mass is 9.96. The highest BCUT2D eigenvalue weighted by Gasteiger charge is 2.22. The summed E-state index contributed by atoms with van der Waals surface area (Å²) in [6, 6.07) is 8.56. The molecule has 1 aliphatic rings. The number of hydrogen-bond donors (Lipinski definition) is 0. The van der Waals surface area contributed by atoms with Gasteiger partial charge in [0.2, 0.25) is 0 Å². The summed E-state index contributed by atoms with van der Waals surface area (Å²) < 4.78 is 0. The average molecular weight is 228 g/mol. The number of rotatable bonds is 4. The molecule has 1 aromatic rings. The van der Waals surface area contributed by atoms with Crippen molar-refractivity contribution >= 4 is 12.2 Å². The van der Waals surface area contributed by atoms with Crippen molar-refractivity contribution < 1.29 is 4.79 Å². The normalized spacial score (nSPS) is 17.5. The zero-order valence-electron chi connectivity index (χ0n) is 9.97. The van der Waals surface area contributed by atoms with Crippen molar-refractivity contribution in [1.82, 2.24) is 5.01 Å². The summed E-state index contributed by atoms with van der Waals surface area (Å²) in [4.78, 5) is 10.3. The minimum atomic E-state index is 0.269. The third kappa shape index (κ3) is 2.45. The lowest BCUT2D eigenvalue weighted by Gasteiger charge is -2.32. The molecule has 0 saturated heterocycles. The fourth-order valence-corrected chi connectivity index (χ4v) is 2.19. The first-order valence-electron chi connectivity index (χ1n) is 5.95. The first kappa shape index (κ1) is 11.6. The summed E-state index contributed by atoms with van der Waals surface area (Å²) in [5.41, 5.74) is 2.47. The lowest BCUT2D eigenvalue weighted by molar-refractivity contribution is 0.213. The molecule has 0 N–H and O–H groups in total. The van der Waals surface area contributed by atoms with E-state index in [2.05, 4.69) is 24.2 Å². The third-order valence-corrected chi connectivity index (χ3v) is 2.98. The third-order valence-electron chi connectivity index (χ3n) is 2.98. The van der Waals surface area contributed by atoms with Gasteiger partial charge in [-0.3, -0.25) is 5.01 Å². The summed E-state index contributed by atoms with van der Waals surface area (Å²) in [6.07, 6.45) is 5.48. The molecule has 0 aliphatic carbocycles. The van der Waals surface area contributed by atoms with Crippen molar-refractivity contribution in [2.45, 2.75) is 25.8 Å². The van der Waals surface area contributed by atoms with E-state index in [0.29, 0.717) is 6.54 Å². The molecular formula is C14H16N2O. The SMILES string of the molecule is CCC[C@@H]1c2ccccc2C=NN1CC=C=O. The van der Waals surface area contributed by atoms with Gasteiger partial charge in [0.25, 0.3) is 0 Å². The molecule has 88 valence electrons. The molecule has 0 saturated carbocycles. The van der Waals surface area contributed by atoms with Crippen molar-refractivity contribution in [3.63, 3.8) is 0 Å². The second kappa shape index (κ2) is 5.46. The highest BCUT2D eigenvalue weighted by molar-refractivity contribution is 5.82. The van der Waals surface area contributed by atoms with Gasteiger partial charge in [-0.2, -0.15) is 5.10 Å². The standard InChI is InChI=1S/C14H16N2O/c1-2-6-14-13-8-4-3-7-12(13)11-15-16(14)9-5-10-17/h3-5,7-8,11,14H,2,6,9H2,1H3/t14-/m1/s1. The highest BCUT2D eigenvalue weighted by Crippen LogP contribution is 2.30. The van der Waals surface area contributed by atoms with Crippen LogP contribution in [0.2, 0.25) is 0 Å². The molecule has 0 unspecified atom stereocenters. The fraction of sp³-hybridized carbons (Fsp3) is 0.357. The van der Waals surface area contributed by atoms with Gasteiger partial charge in [-0.25, -0.2) is 4.79 Å². The maximum atomic E-state index is 10.3. The molecule has 2 rings (SSSR count). The Morgan fingerprint density at radius 1 is 1.47 bits per heavy atom. The molecule has 3 heteroatoms. The summed E-state index contributed by atoms with van der Waals surface area (Å²) >= 11 is 0. The van der Waals surface area contributed by atoms with Crippen LogP contribution < -0.4 is 0 Å². The monoisotopic (exact) mass is 228 g/mol. The van der Waals surface area contributed by atoms with E-state index < -0.39 is 0 Å². The maximum absolute atomic E-state index is 10.3. The molecule has 3 nitrogen and oxygen atoms in total. The Labute approximate surface area is 101 Å². The Balaban J connectivity index is 2.30. The van der Waals surface area contributed by atoms with Crippen LogP contribution in [0.3, 0.4) is 0 Å². The van der Waals surface area contributed by atoms with Crippen LogP contribution >= 0.6 is 0 Å². The lowest BCUT2D eigenvalue weighted by Crippen LogP contribution is -2.28. The van der Waals surface area contributed by atoms with Gasteiger partial charge in [-0.15, -0.1) is 0 Å². The number of hydrogen-bond acceptors (Lipinski definition) is 3. The predicted octanol–water partition coefficient (Wildman–Crippen LogP) is 2.57. The van der Waals surface area contributed by atoms with Gasteiger partial charge in [-0.1, -0.05) is 37.6 Å². The van der Waals surface area contributed by atoms with Gasteiger partial charge in [0.15, 0.2) is 0 Å². The number of hydrazone groups is 1. The van der Waals surface area contributed by atoms with Gasteiger partial charge >= 0.3 is 0 Å². The molecule has 0 bridgehead atoms. The Bertz CT molecular complexity index is 461. The molecule has 1 aliphatic heterocycles.